The van der Waals surface area contributed by atoms with Crippen LogP contribution in [0.5, 0.6) is 0 Å². The number of hydrogen-bond acceptors (Lipinski definition) is 3. The Kier molecular flexibility index (Phi) is 2.93. The van der Waals surface area contributed by atoms with Crippen molar-refractivity contribution < 1.29 is 4.74 Å². The smallest absolute Gasteiger partial charge is 0.0664 e. The van der Waals surface area contributed by atoms with E-state index in [-0.39, 0.29) is 5.54 Å². The number of nitrogens with zero attached hydrogens (tertiary/aromatic N) is 1. The van der Waals surface area contributed by atoms with Gasteiger partial charge in [0, 0.05) is 25.9 Å². The lowest BCUT2D eigenvalue weighted by Gasteiger charge is -2.29. The minimum Gasteiger partial charge on any atom is -0.379 e. The van der Waals surface area contributed by atoms with Gasteiger partial charge in [-0.3, -0.25) is 0 Å². The monoisotopic (exact) mass is 206 g/mol. The van der Waals surface area contributed by atoms with E-state index in [2.05, 4.69) is 24.1 Å². The molecule has 82 valence electrons. The Labute approximate surface area is 90.8 Å². The van der Waals surface area contributed by atoms with Crippen LogP contribution in [-0.2, 0) is 4.74 Å². The fourth-order valence-corrected chi connectivity index (χ4v) is 1.99. The normalized spacial score (nSPS) is 25.5. The first-order valence-corrected chi connectivity index (χ1v) is 5.32. The summed E-state index contributed by atoms with van der Waals surface area (Å²) in [5.74, 6) is 0. The van der Waals surface area contributed by atoms with Gasteiger partial charge in [0.25, 0.3) is 0 Å². The van der Waals surface area contributed by atoms with Crippen molar-refractivity contribution in [2.45, 2.75) is 12.0 Å². The van der Waals surface area contributed by atoms with E-state index in [0.717, 1.165) is 19.6 Å². The van der Waals surface area contributed by atoms with Crippen LogP contribution < -0.4 is 10.6 Å². The maximum Gasteiger partial charge on any atom is 0.0664 e. The van der Waals surface area contributed by atoms with Gasteiger partial charge in [-0.05, 0) is 18.6 Å². The van der Waals surface area contributed by atoms with Crippen molar-refractivity contribution >= 4 is 5.69 Å². The molecular formula is C12H18N2O. The summed E-state index contributed by atoms with van der Waals surface area (Å²) in [5.41, 5.74) is 7.26. The highest BCUT2D eigenvalue weighted by Gasteiger charge is 2.31. The molecule has 15 heavy (non-hydrogen) atoms. The molecule has 0 aromatic heterocycles. The van der Waals surface area contributed by atoms with E-state index < -0.39 is 0 Å². The molecule has 1 saturated heterocycles. The van der Waals surface area contributed by atoms with E-state index in [1.165, 1.54) is 5.69 Å². The molecule has 0 saturated carbocycles. The number of hydrogen-bond donors (Lipinski definition) is 1. The summed E-state index contributed by atoms with van der Waals surface area (Å²) >= 11 is 0. The van der Waals surface area contributed by atoms with Gasteiger partial charge in [0.2, 0.25) is 0 Å². The molecule has 0 aliphatic carbocycles. The summed E-state index contributed by atoms with van der Waals surface area (Å²) < 4.78 is 5.35. The summed E-state index contributed by atoms with van der Waals surface area (Å²) in [7, 11) is 2.07. The summed E-state index contributed by atoms with van der Waals surface area (Å²) in [4.78, 5) is 2.19. The van der Waals surface area contributed by atoms with Gasteiger partial charge < -0.3 is 15.4 Å². The predicted octanol–water partition coefficient (Wildman–Crippen LogP) is 1.24. The SMILES string of the molecule is CN(CC1(N)CCOC1)c1ccccc1. The first-order chi connectivity index (χ1) is 7.20. The molecule has 0 amide bonds. The lowest BCUT2D eigenvalue weighted by atomic mass is 9.99. The molecule has 1 aliphatic rings. The van der Waals surface area contributed by atoms with E-state index >= 15 is 0 Å². The molecule has 2 rings (SSSR count). The summed E-state index contributed by atoms with van der Waals surface area (Å²) in [6.07, 6.45) is 0.949. The molecule has 1 aliphatic heterocycles. The number of para-hydroxylation sites is 1. The Balaban J connectivity index is 2.00. The Morgan fingerprint density at radius 2 is 2.13 bits per heavy atom. The van der Waals surface area contributed by atoms with Gasteiger partial charge >= 0.3 is 0 Å². The van der Waals surface area contributed by atoms with Crippen molar-refractivity contribution in [3.63, 3.8) is 0 Å². The molecule has 1 fully saturated rings. The topological polar surface area (TPSA) is 38.5 Å². The molecular weight excluding hydrogens is 188 g/mol. The third kappa shape index (κ3) is 2.49. The minimum absolute atomic E-state index is 0.176. The molecule has 0 spiro atoms. The number of benzene rings is 1. The third-order valence-corrected chi connectivity index (χ3v) is 2.88. The third-order valence-electron chi connectivity index (χ3n) is 2.88. The Morgan fingerprint density at radius 3 is 2.73 bits per heavy atom. The second-order valence-corrected chi connectivity index (χ2v) is 4.36. The second-order valence-electron chi connectivity index (χ2n) is 4.36. The Hall–Kier alpha value is -1.06. The quantitative estimate of drug-likeness (QED) is 0.808. The van der Waals surface area contributed by atoms with Gasteiger partial charge in [-0.15, -0.1) is 0 Å². The van der Waals surface area contributed by atoms with E-state index in [1.807, 2.05) is 18.2 Å². The molecule has 1 atom stereocenters. The number of nitrogens with two attached hydrogens (primary N) is 1. The summed E-state index contributed by atoms with van der Waals surface area (Å²) in [6.45, 7) is 2.31. The molecule has 1 aromatic carbocycles. The fourth-order valence-electron chi connectivity index (χ4n) is 1.99. The molecule has 3 nitrogen and oxygen atoms in total. The van der Waals surface area contributed by atoms with Crippen LogP contribution in [0, 0.1) is 0 Å². The molecule has 0 bridgehead atoms. The van der Waals surface area contributed by atoms with Crippen LogP contribution in [0.4, 0.5) is 5.69 Å². The second kappa shape index (κ2) is 4.21. The molecule has 1 aromatic rings. The number of likely N-dealkylation sites (N-methyl/N-ethyl adjacent to an activating group) is 1. The van der Waals surface area contributed by atoms with Crippen molar-refractivity contribution in [2.24, 2.45) is 5.73 Å². The van der Waals surface area contributed by atoms with Gasteiger partial charge in [0.05, 0.1) is 12.1 Å². The average molecular weight is 206 g/mol. The van der Waals surface area contributed by atoms with Crippen molar-refractivity contribution in [2.75, 3.05) is 31.7 Å². The van der Waals surface area contributed by atoms with E-state index in [0.29, 0.717) is 6.61 Å². The van der Waals surface area contributed by atoms with Crippen LogP contribution in [0.15, 0.2) is 30.3 Å². The maximum atomic E-state index is 6.23. The highest BCUT2D eigenvalue weighted by molar-refractivity contribution is 5.45. The molecule has 3 heteroatoms. The van der Waals surface area contributed by atoms with Gasteiger partial charge in [-0.2, -0.15) is 0 Å². The summed E-state index contributed by atoms with van der Waals surface area (Å²) in [6, 6.07) is 10.3. The van der Waals surface area contributed by atoms with E-state index in [9.17, 15) is 0 Å². The van der Waals surface area contributed by atoms with Crippen molar-refractivity contribution in [3.05, 3.63) is 30.3 Å². The zero-order valence-electron chi connectivity index (χ0n) is 9.15. The largest absolute Gasteiger partial charge is 0.379 e. The van der Waals surface area contributed by atoms with Crippen molar-refractivity contribution in [1.82, 2.24) is 0 Å². The average Bonchev–Trinajstić information content (AvgIpc) is 2.66. The molecule has 0 radical (unpaired) electrons. The van der Waals surface area contributed by atoms with Crippen LogP contribution >= 0.6 is 0 Å². The summed E-state index contributed by atoms with van der Waals surface area (Å²) in [5, 5.41) is 0. The van der Waals surface area contributed by atoms with Gasteiger partial charge in [-0.25, -0.2) is 0 Å². The number of anilines is 1. The van der Waals surface area contributed by atoms with Crippen molar-refractivity contribution in [1.29, 1.82) is 0 Å². The number of ether oxygens (including phenoxy) is 1. The fraction of sp³-hybridized carbons (Fsp3) is 0.500. The standard InChI is InChI=1S/C12H18N2O/c1-14(11-5-3-2-4-6-11)9-12(13)7-8-15-10-12/h2-6H,7-10,13H2,1H3. The maximum absolute atomic E-state index is 6.23. The molecule has 2 N–H and O–H groups in total. The zero-order valence-corrected chi connectivity index (χ0v) is 9.15. The zero-order chi connectivity index (χ0) is 10.7. The Morgan fingerprint density at radius 1 is 1.40 bits per heavy atom. The first kappa shape index (κ1) is 10.5. The van der Waals surface area contributed by atoms with E-state index in [4.69, 9.17) is 10.5 Å². The van der Waals surface area contributed by atoms with E-state index in [1.54, 1.807) is 0 Å². The predicted molar refractivity (Wildman–Crippen MR) is 62.1 cm³/mol. The van der Waals surface area contributed by atoms with Crippen molar-refractivity contribution in [3.8, 4) is 0 Å². The van der Waals surface area contributed by atoms with Crippen LogP contribution in [0.1, 0.15) is 6.42 Å². The van der Waals surface area contributed by atoms with Gasteiger partial charge in [0.15, 0.2) is 0 Å². The molecule has 1 heterocycles. The lowest BCUT2D eigenvalue weighted by Crippen LogP contribution is -2.50. The highest BCUT2D eigenvalue weighted by Crippen LogP contribution is 2.20. The first-order valence-electron chi connectivity index (χ1n) is 5.32. The van der Waals surface area contributed by atoms with Crippen LogP contribution in [0.2, 0.25) is 0 Å². The molecule has 1 unspecified atom stereocenters. The minimum atomic E-state index is -0.176. The van der Waals surface area contributed by atoms with Crippen LogP contribution in [0.3, 0.4) is 0 Å². The Bertz CT molecular complexity index is 307. The van der Waals surface area contributed by atoms with Crippen LogP contribution in [-0.4, -0.2) is 32.3 Å². The lowest BCUT2D eigenvalue weighted by molar-refractivity contribution is 0.179. The highest BCUT2D eigenvalue weighted by atomic mass is 16.5. The van der Waals surface area contributed by atoms with Gasteiger partial charge in [-0.1, -0.05) is 18.2 Å². The van der Waals surface area contributed by atoms with Gasteiger partial charge in [0.1, 0.15) is 0 Å². The number of rotatable bonds is 3. The van der Waals surface area contributed by atoms with Crippen LogP contribution in [0.25, 0.3) is 0 Å².